The maximum Gasteiger partial charge on any atom is 0.348 e. The highest BCUT2D eigenvalue weighted by atomic mass is 32.2. The fourth-order valence-corrected chi connectivity index (χ4v) is 6.62. The number of hydrogen-bond donors (Lipinski definition) is 0. The predicted molar refractivity (Wildman–Crippen MR) is 149 cm³/mol. The minimum absolute atomic E-state index is 0.132. The molecule has 0 spiro atoms. The van der Waals surface area contributed by atoms with Crippen LogP contribution in [0.1, 0.15) is 44.6 Å². The molecule has 0 fully saturated rings. The summed E-state index contributed by atoms with van der Waals surface area (Å²) in [5.41, 5.74) is 3.59. The van der Waals surface area contributed by atoms with Crippen LogP contribution in [0.3, 0.4) is 0 Å². The van der Waals surface area contributed by atoms with Crippen LogP contribution < -0.4 is 4.74 Å². The maximum atomic E-state index is 13.6. The van der Waals surface area contributed by atoms with Crippen LogP contribution in [-0.2, 0) is 9.53 Å². The highest BCUT2D eigenvalue weighted by molar-refractivity contribution is 8.00. The Kier molecular flexibility index (Phi) is 7.44. The lowest BCUT2D eigenvalue weighted by molar-refractivity contribution is -0.130. The molecule has 0 aliphatic carbocycles. The first-order valence-electron chi connectivity index (χ1n) is 12.0. The first-order valence-corrected chi connectivity index (χ1v) is 13.8. The Morgan fingerprint density at radius 2 is 1.79 bits per heavy atom. The number of benzene rings is 2. The van der Waals surface area contributed by atoms with Crippen molar-refractivity contribution in [3.8, 4) is 5.75 Å². The van der Waals surface area contributed by atoms with Crippen LogP contribution in [0.4, 0.5) is 0 Å². The molecular formula is C28H26N4O4S2. The molecule has 0 N–H and O–H groups in total. The zero-order chi connectivity index (χ0) is 26.8. The minimum atomic E-state index is -0.405. The van der Waals surface area contributed by atoms with Crippen molar-refractivity contribution in [3.05, 3.63) is 82.0 Å². The van der Waals surface area contributed by atoms with Crippen molar-refractivity contribution in [2.24, 2.45) is 5.10 Å². The summed E-state index contributed by atoms with van der Waals surface area (Å²) in [7, 11) is 2.99. The maximum absolute atomic E-state index is 13.6. The van der Waals surface area contributed by atoms with Gasteiger partial charge in [0.1, 0.15) is 26.3 Å². The van der Waals surface area contributed by atoms with Gasteiger partial charge in [-0.3, -0.25) is 4.79 Å². The molecule has 0 bridgehead atoms. The van der Waals surface area contributed by atoms with E-state index in [9.17, 15) is 9.59 Å². The van der Waals surface area contributed by atoms with Crippen molar-refractivity contribution in [2.75, 3.05) is 20.0 Å². The number of nitrogens with zero attached hydrogens (tertiary/aromatic N) is 4. The molecule has 0 unspecified atom stereocenters. The number of aryl methyl sites for hydroxylation is 2. The fraction of sp³-hybridized carbons (Fsp3) is 0.250. The third-order valence-electron chi connectivity index (χ3n) is 6.35. The van der Waals surface area contributed by atoms with E-state index >= 15 is 0 Å². The summed E-state index contributed by atoms with van der Waals surface area (Å²) in [4.78, 5) is 36.2. The van der Waals surface area contributed by atoms with E-state index in [0.717, 1.165) is 33.5 Å². The Morgan fingerprint density at radius 1 is 1.05 bits per heavy atom. The number of aromatic nitrogens is 2. The fourth-order valence-electron chi connectivity index (χ4n) is 4.42. The van der Waals surface area contributed by atoms with E-state index in [1.165, 1.54) is 30.2 Å². The lowest BCUT2D eigenvalue weighted by Crippen LogP contribution is -2.28. The summed E-state index contributed by atoms with van der Waals surface area (Å²) in [6.07, 6.45) is 0.607. The first-order chi connectivity index (χ1) is 18.4. The summed E-state index contributed by atoms with van der Waals surface area (Å²) in [5, 5.41) is 7.80. The van der Waals surface area contributed by atoms with Crippen molar-refractivity contribution in [1.29, 1.82) is 0 Å². The molecule has 1 aliphatic heterocycles. The molecule has 2 aromatic heterocycles. The number of hydrogen-bond acceptors (Lipinski definition) is 9. The Bertz CT molecular complexity index is 1530. The molecule has 0 saturated heterocycles. The van der Waals surface area contributed by atoms with Gasteiger partial charge in [0, 0.05) is 11.8 Å². The third kappa shape index (κ3) is 5.01. The number of methoxy groups -OCH3 is 2. The van der Waals surface area contributed by atoms with E-state index in [4.69, 9.17) is 14.6 Å². The SMILES string of the molecule is COC(=O)c1sc2nc(C)nc(SCC(=O)N3N=C(c4ccccc4)C[C@@H]3c3ccc(OC)cc3)c2c1C. The van der Waals surface area contributed by atoms with Crippen molar-refractivity contribution in [2.45, 2.75) is 31.3 Å². The van der Waals surface area contributed by atoms with Gasteiger partial charge in [0.05, 0.1) is 31.7 Å². The van der Waals surface area contributed by atoms with Gasteiger partial charge in [-0.2, -0.15) is 5.10 Å². The van der Waals surface area contributed by atoms with Gasteiger partial charge in [0.25, 0.3) is 5.91 Å². The molecule has 0 radical (unpaired) electrons. The molecule has 2 aromatic carbocycles. The number of thiophene rings is 1. The van der Waals surface area contributed by atoms with Gasteiger partial charge in [-0.05, 0) is 42.7 Å². The second-order valence-corrected chi connectivity index (χ2v) is 10.7. The number of rotatable bonds is 7. The van der Waals surface area contributed by atoms with E-state index in [0.29, 0.717) is 27.0 Å². The molecule has 3 heterocycles. The van der Waals surface area contributed by atoms with Crippen LogP contribution >= 0.6 is 23.1 Å². The van der Waals surface area contributed by atoms with E-state index < -0.39 is 5.97 Å². The number of carbonyl (C=O) groups is 2. The number of ether oxygens (including phenoxy) is 2. The van der Waals surface area contributed by atoms with Gasteiger partial charge >= 0.3 is 5.97 Å². The summed E-state index contributed by atoms with van der Waals surface area (Å²) in [6.45, 7) is 3.65. The standard InChI is InChI=1S/C28H26N4O4S2/c1-16-24-26(29-17(2)30-27(24)38-25(16)28(34)36-4)37-15-23(33)32-22(19-10-12-20(35-3)13-11-19)14-21(31-32)18-8-6-5-7-9-18/h5-13,22H,14-15H2,1-4H3/t22-/m1/s1. The van der Waals surface area contributed by atoms with Gasteiger partial charge in [0.15, 0.2) is 0 Å². The summed E-state index contributed by atoms with van der Waals surface area (Å²) < 4.78 is 10.2. The highest BCUT2D eigenvalue weighted by Crippen LogP contribution is 2.38. The molecule has 4 aromatic rings. The molecule has 1 atom stereocenters. The molecule has 1 aliphatic rings. The monoisotopic (exact) mass is 546 g/mol. The van der Waals surface area contributed by atoms with Crippen LogP contribution in [0.15, 0.2) is 64.7 Å². The van der Waals surface area contributed by atoms with E-state index in [1.807, 2.05) is 61.5 Å². The molecule has 8 nitrogen and oxygen atoms in total. The van der Waals surface area contributed by atoms with Gasteiger partial charge in [0.2, 0.25) is 0 Å². The van der Waals surface area contributed by atoms with Crippen LogP contribution in [0, 0.1) is 13.8 Å². The van der Waals surface area contributed by atoms with E-state index in [-0.39, 0.29) is 17.7 Å². The Balaban J connectivity index is 1.44. The summed E-state index contributed by atoms with van der Waals surface area (Å²) in [6, 6.07) is 17.4. The second kappa shape index (κ2) is 10.9. The van der Waals surface area contributed by atoms with Crippen LogP contribution in [0.25, 0.3) is 10.2 Å². The first kappa shape index (κ1) is 25.9. The van der Waals surface area contributed by atoms with Gasteiger partial charge in [-0.1, -0.05) is 54.2 Å². The summed E-state index contributed by atoms with van der Waals surface area (Å²) in [5.74, 6) is 0.924. The van der Waals surface area contributed by atoms with Crippen LogP contribution in [0.2, 0.25) is 0 Å². The topological polar surface area (TPSA) is 94.0 Å². The number of fused-ring (bicyclic) bond motifs is 1. The number of thioether (sulfide) groups is 1. The zero-order valence-electron chi connectivity index (χ0n) is 21.4. The number of amides is 1. The van der Waals surface area contributed by atoms with Gasteiger partial charge < -0.3 is 9.47 Å². The highest BCUT2D eigenvalue weighted by Gasteiger charge is 2.33. The smallest absolute Gasteiger partial charge is 0.348 e. The summed E-state index contributed by atoms with van der Waals surface area (Å²) >= 11 is 2.61. The number of carbonyl (C=O) groups excluding carboxylic acids is 2. The molecule has 194 valence electrons. The predicted octanol–water partition coefficient (Wildman–Crippen LogP) is 5.57. The van der Waals surface area contributed by atoms with Crippen molar-refractivity contribution in [3.63, 3.8) is 0 Å². The quantitative estimate of drug-likeness (QED) is 0.170. The second-order valence-electron chi connectivity index (χ2n) is 8.74. The number of esters is 1. The van der Waals surface area contributed by atoms with Crippen LogP contribution in [-0.4, -0.2) is 52.5 Å². The number of hydrazone groups is 1. The lowest BCUT2D eigenvalue weighted by atomic mass is 9.98. The molecular weight excluding hydrogens is 520 g/mol. The van der Waals surface area contributed by atoms with E-state index in [1.54, 1.807) is 19.0 Å². The normalized spacial score (nSPS) is 15.0. The molecule has 1 amide bonds. The zero-order valence-corrected chi connectivity index (χ0v) is 23.1. The third-order valence-corrected chi connectivity index (χ3v) is 8.47. The van der Waals surface area contributed by atoms with Crippen LogP contribution in [0.5, 0.6) is 5.75 Å². The van der Waals surface area contributed by atoms with Crippen molar-refractivity contribution in [1.82, 2.24) is 15.0 Å². The largest absolute Gasteiger partial charge is 0.497 e. The lowest BCUT2D eigenvalue weighted by Gasteiger charge is -2.22. The van der Waals surface area contributed by atoms with E-state index in [2.05, 4.69) is 9.97 Å². The van der Waals surface area contributed by atoms with Gasteiger partial charge in [-0.25, -0.2) is 19.8 Å². The average molecular weight is 547 g/mol. The van der Waals surface area contributed by atoms with Crippen molar-refractivity contribution >= 4 is 50.9 Å². The molecule has 0 saturated carbocycles. The van der Waals surface area contributed by atoms with Gasteiger partial charge in [-0.15, -0.1) is 11.3 Å². The minimum Gasteiger partial charge on any atom is -0.497 e. The Hall–Kier alpha value is -3.76. The average Bonchev–Trinajstić information content (AvgIpc) is 3.53. The van der Waals surface area contributed by atoms with Crippen molar-refractivity contribution < 1.29 is 19.1 Å². The molecule has 10 heteroatoms. The Labute approximate surface area is 228 Å². The molecule has 38 heavy (non-hydrogen) atoms. The molecule has 5 rings (SSSR count). The Morgan fingerprint density at radius 3 is 2.47 bits per heavy atom.